The SMILES string of the molecule is CCN(CC)C(=O)c1ccc(C2=CC3(CCN(C(=O)OC(C)(C)C)CC3)Oc3ccc(O)cc32)cc1.O=S(=O)(N(SOOC(F)(F)F)c1ccccc1)C(F)(F)F. The van der Waals surface area contributed by atoms with Crippen LogP contribution in [-0.2, 0) is 24.0 Å². The fourth-order valence-corrected chi connectivity index (χ4v) is 7.33. The van der Waals surface area contributed by atoms with Gasteiger partial charge in [0.2, 0.25) is 0 Å². The van der Waals surface area contributed by atoms with E-state index in [-0.39, 0.29) is 17.7 Å². The number of likely N-dealkylation sites (tertiary alicyclic amines) is 1. The number of carbonyl (C=O) groups excluding carboxylic acids is 2. The summed E-state index contributed by atoms with van der Waals surface area (Å²) in [5.74, 6) is 0.864. The van der Waals surface area contributed by atoms with Crippen LogP contribution in [0.25, 0.3) is 5.57 Å². The third-order valence-electron chi connectivity index (χ3n) is 8.43. The largest absolute Gasteiger partial charge is 0.550 e. The van der Waals surface area contributed by atoms with Crippen molar-refractivity contribution >= 4 is 45.5 Å². The first-order valence-corrected chi connectivity index (χ1v) is 19.5. The average molecular weight is 850 g/mol. The molecule has 1 fully saturated rings. The molecular formula is C37H41F6N3O9S2. The first-order valence-electron chi connectivity index (χ1n) is 17.4. The summed E-state index contributed by atoms with van der Waals surface area (Å²) in [6, 6.07) is 18.3. The van der Waals surface area contributed by atoms with Gasteiger partial charge in [-0.25, -0.2) is 4.79 Å². The number of hydrogen-bond donors (Lipinski definition) is 1. The molecule has 0 radical (unpaired) electrons. The van der Waals surface area contributed by atoms with Crippen LogP contribution in [0.3, 0.4) is 0 Å². The van der Waals surface area contributed by atoms with Crippen LogP contribution < -0.4 is 8.45 Å². The van der Waals surface area contributed by atoms with Gasteiger partial charge in [-0.15, -0.1) is 22.4 Å². The van der Waals surface area contributed by atoms with Gasteiger partial charge in [0.1, 0.15) is 22.7 Å². The molecule has 0 atom stereocenters. The molecule has 1 saturated heterocycles. The maximum Gasteiger partial charge on any atom is 0.550 e. The van der Waals surface area contributed by atoms with Gasteiger partial charge in [-0.1, -0.05) is 30.3 Å². The van der Waals surface area contributed by atoms with E-state index in [2.05, 4.69) is 15.3 Å². The van der Waals surface area contributed by atoms with Crippen molar-refractivity contribution in [1.29, 1.82) is 0 Å². The number of phenolic OH excluding ortho intramolecular Hbond substituents is 1. The highest BCUT2D eigenvalue weighted by Gasteiger charge is 2.52. The second-order valence-corrected chi connectivity index (χ2v) is 16.3. The third-order valence-corrected chi connectivity index (χ3v) is 10.9. The highest BCUT2D eigenvalue weighted by Crippen LogP contribution is 2.45. The van der Waals surface area contributed by atoms with E-state index in [1.807, 2.05) is 58.9 Å². The number of alkyl halides is 6. The van der Waals surface area contributed by atoms with Crippen molar-refractivity contribution in [1.82, 2.24) is 9.80 Å². The minimum Gasteiger partial charge on any atom is -0.508 e. The molecular weight excluding hydrogens is 809 g/mol. The number of aromatic hydroxyl groups is 1. The molecule has 0 unspecified atom stereocenters. The molecule has 1 spiro atoms. The molecule has 0 aromatic heterocycles. The van der Waals surface area contributed by atoms with Crippen molar-refractivity contribution in [3.63, 3.8) is 0 Å². The minimum atomic E-state index is -5.99. The fourth-order valence-electron chi connectivity index (χ4n) is 5.72. The van der Waals surface area contributed by atoms with E-state index >= 15 is 0 Å². The number of carbonyl (C=O) groups is 2. The maximum atomic E-state index is 12.8. The van der Waals surface area contributed by atoms with Gasteiger partial charge in [0.05, 0.1) is 5.69 Å². The van der Waals surface area contributed by atoms with Crippen LogP contribution in [0.15, 0.2) is 78.9 Å². The predicted octanol–water partition coefficient (Wildman–Crippen LogP) is 8.84. The third kappa shape index (κ3) is 11.7. The Morgan fingerprint density at radius 2 is 1.51 bits per heavy atom. The predicted molar refractivity (Wildman–Crippen MR) is 199 cm³/mol. The molecule has 3 aromatic carbocycles. The summed E-state index contributed by atoms with van der Waals surface area (Å²) in [7, 11) is -5.99. The number of nitrogens with zero attached hydrogens (tertiary/aromatic N) is 3. The maximum absolute atomic E-state index is 12.8. The lowest BCUT2D eigenvalue weighted by molar-refractivity contribution is -0.440. The molecule has 20 heteroatoms. The molecule has 2 amide bonds. The molecule has 2 heterocycles. The molecule has 3 aromatic rings. The van der Waals surface area contributed by atoms with E-state index in [1.165, 1.54) is 18.2 Å². The van der Waals surface area contributed by atoms with Gasteiger partial charge in [0.15, 0.2) is 12.2 Å². The van der Waals surface area contributed by atoms with Crippen LogP contribution in [0.1, 0.15) is 68.9 Å². The summed E-state index contributed by atoms with van der Waals surface area (Å²) < 4.78 is 110. The second-order valence-electron chi connectivity index (χ2n) is 13.6. The van der Waals surface area contributed by atoms with Gasteiger partial charge in [-0.2, -0.15) is 25.3 Å². The van der Waals surface area contributed by atoms with Crippen molar-refractivity contribution in [3.8, 4) is 11.5 Å². The van der Waals surface area contributed by atoms with E-state index in [0.717, 1.165) is 28.8 Å². The number of para-hydroxylation sites is 1. The highest BCUT2D eigenvalue weighted by molar-refractivity contribution is 8.12. The summed E-state index contributed by atoms with van der Waals surface area (Å²) >= 11 is -0.782. The van der Waals surface area contributed by atoms with Crippen molar-refractivity contribution in [3.05, 3.63) is 95.6 Å². The van der Waals surface area contributed by atoms with Gasteiger partial charge in [-0.3, -0.25) is 4.79 Å². The zero-order chi connectivity index (χ0) is 42.4. The molecule has 5 rings (SSSR count). The van der Waals surface area contributed by atoms with Gasteiger partial charge in [-0.05, 0) is 94.3 Å². The number of phenols is 1. The molecule has 57 heavy (non-hydrogen) atoms. The van der Waals surface area contributed by atoms with Gasteiger partial charge in [0, 0.05) is 50.1 Å². The molecule has 0 aliphatic carbocycles. The number of fused-ring (bicyclic) bond motifs is 1. The van der Waals surface area contributed by atoms with Crippen molar-refractivity contribution in [2.45, 2.75) is 70.5 Å². The Morgan fingerprint density at radius 1 is 0.912 bits per heavy atom. The Balaban J connectivity index is 0.000000293. The Kier molecular flexibility index (Phi) is 14.1. The second kappa shape index (κ2) is 17.9. The number of piperidine rings is 1. The lowest BCUT2D eigenvalue weighted by Crippen LogP contribution is -2.50. The summed E-state index contributed by atoms with van der Waals surface area (Å²) in [5.41, 5.74) is -4.10. The summed E-state index contributed by atoms with van der Waals surface area (Å²) in [5, 5.41) is 10.2. The van der Waals surface area contributed by atoms with Gasteiger partial charge < -0.3 is 24.4 Å². The average Bonchev–Trinajstić information content (AvgIpc) is 3.13. The van der Waals surface area contributed by atoms with Crippen molar-refractivity contribution in [2.24, 2.45) is 0 Å². The molecule has 12 nitrogen and oxygen atoms in total. The lowest BCUT2D eigenvalue weighted by atomic mass is 9.82. The quantitative estimate of drug-likeness (QED) is 0.0732. The molecule has 0 saturated carbocycles. The Bertz CT molecular complexity index is 2000. The van der Waals surface area contributed by atoms with E-state index in [9.17, 15) is 49.5 Å². The number of rotatable bonds is 9. The number of benzene rings is 3. The summed E-state index contributed by atoms with van der Waals surface area (Å²) in [6.45, 7) is 11.9. The normalized spacial score (nSPS) is 15.4. The van der Waals surface area contributed by atoms with Crippen LogP contribution in [0.5, 0.6) is 11.5 Å². The molecule has 2 aliphatic rings. The van der Waals surface area contributed by atoms with Crippen LogP contribution >= 0.6 is 12.2 Å². The molecule has 0 bridgehead atoms. The van der Waals surface area contributed by atoms with Gasteiger partial charge >= 0.3 is 28.0 Å². The molecule has 312 valence electrons. The smallest absolute Gasteiger partial charge is 0.508 e. The summed E-state index contributed by atoms with van der Waals surface area (Å²) in [6.07, 6.45) is -2.26. The molecule has 1 N–H and O–H groups in total. The minimum absolute atomic E-state index is 0.0107. The van der Waals surface area contributed by atoms with Crippen LogP contribution in [0.4, 0.5) is 36.8 Å². The number of amides is 2. The van der Waals surface area contributed by atoms with Crippen LogP contribution in [0, 0.1) is 0 Å². The monoisotopic (exact) mass is 849 g/mol. The van der Waals surface area contributed by atoms with Crippen molar-refractivity contribution in [2.75, 3.05) is 29.9 Å². The van der Waals surface area contributed by atoms with E-state index < -0.39 is 54.7 Å². The number of halogens is 6. The lowest BCUT2D eigenvalue weighted by Gasteiger charge is -2.43. The Morgan fingerprint density at radius 3 is 2.04 bits per heavy atom. The summed E-state index contributed by atoms with van der Waals surface area (Å²) in [4.78, 5) is 31.6. The van der Waals surface area contributed by atoms with E-state index in [0.29, 0.717) is 50.3 Å². The highest BCUT2D eigenvalue weighted by atomic mass is 32.3. The van der Waals surface area contributed by atoms with Crippen LogP contribution in [-0.4, -0.2) is 84.6 Å². The Hall–Kier alpha value is -4.66. The van der Waals surface area contributed by atoms with Crippen molar-refractivity contribution < 1.29 is 68.2 Å². The fraction of sp³-hybridized carbons (Fsp3) is 0.405. The molecule has 2 aliphatic heterocycles. The number of ether oxygens (including phenoxy) is 2. The number of sulfonamides is 1. The van der Waals surface area contributed by atoms with Crippen LogP contribution in [0.2, 0.25) is 0 Å². The first-order chi connectivity index (χ1) is 26.5. The standard InChI is InChI=1S/C29H36N2O5.C8H5F6NO4S2/c1-6-30(7-2)26(33)21-10-8-20(9-11-21)24-19-29(35-25-13-12-22(32)18-23(24)25)14-16-31(17-15-29)27(34)36-28(3,4)5;9-7(10,11)18-19-20-15(6-4-2-1-3-5-6)21(16,17)8(12,13)14/h8-13,18-19,32H,6-7,14-17H2,1-5H3;1-5H. The Labute approximate surface area is 330 Å². The zero-order valence-corrected chi connectivity index (χ0v) is 33.0. The first kappa shape index (κ1) is 45.0. The topological polar surface area (TPSA) is 135 Å². The van der Waals surface area contributed by atoms with Gasteiger partial charge in [0.25, 0.3) is 5.91 Å². The van der Waals surface area contributed by atoms with E-state index in [4.69, 9.17) is 9.47 Å². The number of hydrogen-bond acceptors (Lipinski definition) is 10. The zero-order valence-electron chi connectivity index (χ0n) is 31.4. The number of anilines is 1. The van der Waals surface area contributed by atoms with E-state index in [1.54, 1.807) is 28.0 Å².